The molecule has 5 nitrogen and oxygen atoms in total. The monoisotopic (exact) mass is 521 g/mol. The molecule has 1 fully saturated rings. The van der Waals surface area contributed by atoms with Crippen molar-refractivity contribution in [2.45, 2.75) is 6.18 Å². The Labute approximate surface area is 205 Å². The molecular weight excluding hydrogens is 507 g/mol. The zero-order valence-corrected chi connectivity index (χ0v) is 19.7. The molecule has 2 heterocycles. The van der Waals surface area contributed by atoms with Gasteiger partial charge in [0.1, 0.15) is 4.88 Å². The fourth-order valence-electron chi connectivity index (χ4n) is 3.07. The molecule has 11 heteroatoms. The van der Waals surface area contributed by atoms with Gasteiger partial charge in [0.15, 0.2) is 15.8 Å². The average Bonchev–Trinajstić information content (AvgIpc) is 3.43. The number of halogens is 3. The van der Waals surface area contributed by atoms with Crippen LogP contribution in [0.15, 0.2) is 64.9 Å². The third kappa shape index (κ3) is 5.01. The summed E-state index contributed by atoms with van der Waals surface area (Å²) < 4.78 is 50.1. The lowest BCUT2D eigenvalue weighted by atomic mass is 10.1. The van der Waals surface area contributed by atoms with Crippen LogP contribution < -0.4 is 14.4 Å². The minimum Gasteiger partial charge on any atom is -0.493 e. The third-order valence-corrected chi connectivity index (χ3v) is 6.79. The van der Waals surface area contributed by atoms with Gasteiger partial charge in [-0.2, -0.15) is 13.2 Å². The molecule has 4 rings (SSSR count). The van der Waals surface area contributed by atoms with Crippen molar-refractivity contribution in [1.82, 2.24) is 0 Å². The molecule has 0 aliphatic carbocycles. The van der Waals surface area contributed by atoms with Crippen molar-refractivity contribution in [3.8, 4) is 11.5 Å². The number of thiophene rings is 1. The number of esters is 1. The molecule has 0 unspecified atom stereocenters. The van der Waals surface area contributed by atoms with E-state index in [2.05, 4.69) is 0 Å². The molecule has 0 radical (unpaired) electrons. The van der Waals surface area contributed by atoms with Gasteiger partial charge in [0.2, 0.25) is 0 Å². The summed E-state index contributed by atoms with van der Waals surface area (Å²) in [6, 6.07) is 12.5. The van der Waals surface area contributed by atoms with E-state index in [0.29, 0.717) is 10.4 Å². The Hall–Kier alpha value is -3.15. The van der Waals surface area contributed by atoms with E-state index in [1.54, 1.807) is 35.7 Å². The van der Waals surface area contributed by atoms with Gasteiger partial charge in [-0.15, -0.1) is 11.3 Å². The van der Waals surface area contributed by atoms with Gasteiger partial charge in [0.05, 0.1) is 23.3 Å². The number of alkyl halides is 3. The van der Waals surface area contributed by atoms with Crippen molar-refractivity contribution >= 4 is 63.3 Å². The Bertz CT molecular complexity index is 1300. The quantitative estimate of drug-likeness (QED) is 0.168. The minimum absolute atomic E-state index is 0.0362. The van der Waals surface area contributed by atoms with Gasteiger partial charge in [0, 0.05) is 0 Å². The fraction of sp³-hybridized carbons (Fsp3) is 0.0870. The van der Waals surface area contributed by atoms with Crippen LogP contribution in [0.3, 0.4) is 0 Å². The first-order valence-corrected chi connectivity index (χ1v) is 11.7. The topological polar surface area (TPSA) is 55.8 Å². The molecule has 0 bridgehead atoms. The SMILES string of the molecule is COc1cc(/C=C2\SC(=S)N(c3cccc(C(F)(F)F)c3)C2=O)ccc1OC(=O)c1cccs1. The standard InChI is InChI=1S/C23H14F3NO4S3/c1-30-17-10-13(7-8-16(17)31-21(29)18-6-3-9-33-18)11-19-20(28)27(22(32)34-19)15-5-2-4-14(12-15)23(24,25)26/h2-12H,1H3/b19-11-. The first-order chi connectivity index (χ1) is 16.2. The summed E-state index contributed by atoms with van der Waals surface area (Å²) in [7, 11) is 1.41. The first-order valence-electron chi connectivity index (χ1n) is 9.56. The Morgan fingerprint density at radius 1 is 1.09 bits per heavy atom. The van der Waals surface area contributed by atoms with Crippen molar-refractivity contribution in [3.63, 3.8) is 0 Å². The Balaban J connectivity index is 1.58. The summed E-state index contributed by atoms with van der Waals surface area (Å²) in [5.41, 5.74) is -0.285. The van der Waals surface area contributed by atoms with Crippen LogP contribution >= 0.6 is 35.3 Å². The maximum atomic E-state index is 13.1. The molecule has 0 atom stereocenters. The highest BCUT2D eigenvalue weighted by molar-refractivity contribution is 8.27. The second-order valence-electron chi connectivity index (χ2n) is 6.84. The minimum atomic E-state index is -4.54. The van der Waals surface area contributed by atoms with Crippen molar-refractivity contribution in [2.75, 3.05) is 12.0 Å². The van der Waals surface area contributed by atoms with E-state index in [1.807, 2.05) is 0 Å². The van der Waals surface area contributed by atoms with Crippen LogP contribution in [0, 0.1) is 0 Å². The molecule has 0 N–H and O–H groups in total. The Morgan fingerprint density at radius 3 is 2.56 bits per heavy atom. The number of hydrogen-bond donors (Lipinski definition) is 0. The van der Waals surface area contributed by atoms with Gasteiger partial charge >= 0.3 is 12.1 Å². The number of hydrogen-bond acceptors (Lipinski definition) is 7. The van der Waals surface area contributed by atoms with Gasteiger partial charge in [0.25, 0.3) is 5.91 Å². The van der Waals surface area contributed by atoms with Crippen LogP contribution in [0.25, 0.3) is 6.08 Å². The van der Waals surface area contributed by atoms with Gasteiger partial charge in [-0.3, -0.25) is 9.69 Å². The van der Waals surface area contributed by atoms with Crippen molar-refractivity contribution < 1.29 is 32.2 Å². The van der Waals surface area contributed by atoms with Crippen LogP contribution in [0.2, 0.25) is 0 Å². The lowest BCUT2D eigenvalue weighted by molar-refractivity contribution is -0.137. The summed E-state index contributed by atoms with van der Waals surface area (Å²) >= 11 is 7.47. The second-order valence-corrected chi connectivity index (χ2v) is 9.47. The molecule has 1 aromatic heterocycles. The summed E-state index contributed by atoms with van der Waals surface area (Å²) in [5, 5.41) is 1.76. The van der Waals surface area contributed by atoms with E-state index >= 15 is 0 Å². The van der Waals surface area contributed by atoms with Crippen LogP contribution in [-0.4, -0.2) is 23.3 Å². The van der Waals surface area contributed by atoms with Gasteiger partial charge in [-0.05, 0) is 53.4 Å². The second kappa shape index (κ2) is 9.61. The number of thioether (sulfide) groups is 1. The summed E-state index contributed by atoms with van der Waals surface area (Å²) in [6.45, 7) is 0. The number of carbonyl (C=O) groups excluding carboxylic acids is 2. The predicted octanol–water partition coefficient (Wildman–Crippen LogP) is 6.40. The number of amides is 1. The number of benzene rings is 2. The van der Waals surface area contributed by atoms with Gasteiger partial charge in [-0.1, -0.05) is 42.2 Å². The molecule has 1 aliphatic heterocycles. The van der Waals surface area contributed by atoms with E-state index < -0.39 is 23.6 Å². The molecule has 2 aromatic carbocycles. The van der Waals surface area contributed by atoms with E-state index in [9.17, 15) is 22.8 Å². The smallest absolute Gasteiger partial charge is 0.416 e. The maximum absolute atomic E-state index is 13.1. The van der Waals surface area contributed by atoms with Crippen molar-refractivity contribution in [3.05, 3.63) is 80.9 Å². The number of anilines is 1. The first kappa shape index (κ1) is 24.0. The van der Waals surface area contributed by atoms with E-state index in [1.165, 1.54) is 36.6 Å². The number of rotatable bonds is 5. The normalized spacial score (nSPS) is 15.2. The van der Waals surface area contributed by atoms with Crippen molar-refractivity contribution in [1.29, 1.82) is 0 Å². The third-order valence-electron chi connectivity index (χ3n) is 4.64. The molecule has 1 aliphatic rings. The zero-order valence-electron chi connectivity index (χ0n) is 17.3. The van der Waals surface area contributed by atoms with E-state index in [-0.39, 0.29) is 26.4 Å². The number of nitrogens with zero attached hydrogens (tertiary/aromatic N) is 1. The maximum Gasteiger partial charge on any atom is 0.416 e. The van der Waals surface area contributed by atoms with Gasteiger partial charge in [-0.25, -0.2) is 4.79 Å². The molecule has 0 spiro atoms. The summed E-state index contributed by atoms with van der Waals surface area (Å²) in [6.07, 6.45) is -3.00. The van der Waals surface area contributed by atoms with Crippen LogP contribution in [-0.2, 0) is 11.0 Å². The molecule has 34 heavy (non-hydrogen) atoms. The molecule has 0 saturated carbocycles. The summed E-state index contributed by atoms with van der Waals surface area (Å²) in [4.78, 5) is 26.9. The molecule has 3 aromatic rings. The highest BCUT2D eigenvalue weighted by atomic mass is 32.2. The Morgan fingerprint density at radius 2 is 1.88 bits per heavy atom. The molecular formula is C23H14F3NO4S3. The van der Waals surface area contributed by atoms with Gasteiger partial charge < -0.3 is 9.47 Å². The van der Waals surface area contributed by atoms with Crippen LogP contribution in [0.1, 0.15) is 20.8 Å². The average molecular weight is 522 g/mol. The zero-order chi connectivity index (χ0) is 24.5. The molecule has 1 amide bonds. The van der Waals surface area contributed by atoms with E-state index in [4.69, 9.17) is 21.7 Å². The predicted molar refractivity (Wildman–Crippen MR) is 129 cm³/mol. The number of methoxy groups -OCH3 is 1. The number of carbonyl (C=O) groups is 2. The highest BCUT2D eigenvalue weighted by Crippen LogP contribution is 2.39. The molecule has 174 valence electrons. The fourth-order valence-corrected chi connectivity index (χ4v) is 4.96. The highest BCUT2D eigenvalue weighted by Gasteiger charge is 2.36. The van der Waals surface area contributed by atoms with Crippen LogP contribution in [0.4, 0.5) is 18.9 Å². The Kier molecular flexibility index (Phi) is 6.78. The van der Waals surface area contributed by atoms with E-state index in [0.717, 1.165) is 28.8 Å². The lowest BCUT2D eigenvalue weighted by Crippen LogP contribution is -2.27. The summed E-state index contributed by atoms with van der Waals surface area (Å²) in [5.74, 6) is -0.592. The van der Waals surface area contributed by atoms with Crippen LogP contribution in [0.5, 0.6) is 11.5 Å². The van der Waals surface area contributed by atoms with Crippen molar-refractivity contribution in [2.24, 2.45) is 0 Å². The number of ether oxygens (including phenoxy) is 2. The number of thiocarbonyl (C=S) groups is 1. The molecule has 1 saturated heterocycles. The largest absolute Gasteiger partial charge is 0.493 e. The lowest BCUT2D eigenvalue weighted by Gasteiger charge is -2.16.